The van der Waals surface area contributed by atoms with E-state index in [4.69, 9.17) is 4.74 Å². The summed E-state index contributed by atoms with van der Waals surface area (Å²) in [5, 5.41) is 0.468. The largest absolute Gasteiger partial charge is 0.467 e. The number of halogens is 2. The zero-order valence-corrected chi connectivity index (χ0v) is 18.1. The summed E-state index contributed by atoms with van der Waals surface area (Å²) in [6.45, 7) is 0.916. The first-order valence-corrected chi connectivity index (χ1v) is 12.3. The van der Waals surface area contributed by atoms with Gasteiger partial charge in [0, 0.05) is 32.4 Å². The molecule has 0 spiro atoms. The molecule has 0 bridgehead atoms. The minimum atomic E-state index is -3.65. The molecule has 1 aromatic heterocycles. The minimum Gasteiger partial charge on any atom is -0.467 e. The average molecular weight is 467 g/mol. The Balaban J connectivity index is 1.27. The second kappa shape index (κ2) is 8.88. The van der Waals surface area contributed by atoms with Crippen LogP contribution >= 0.6 is 11.3 Å². The number of carbonyl (C=O) groups is 1. The molecule has 3 aromatic rings. The number of hydrogen-bond donors (Lipinski definition) is 0. The van der Waals surface area contributed by atoms with Gasteiger partial charge in [0.15, 0.2) is 9.84 Å². The molecule has 0 aliphatic carbocycles. The van der Waals surface area contributed by atoms with Crippen molar-refractivity contribution in [2.24, 2.45) is 0 Å². The number of rotatable bonds is 6. The van der Waals surface area contributed by atoms with Crippen molar-refractivity contribution in [3.8, 4) is 5.19 Å². The molecule has 2 heterocycles. The maximum absolute atomic E-state index is 13.3. The van der Waals surface area contributed by atoms with E-state index in [-0.39, 0.29) is 34.9 Å². The van der Waals surface area contributed by atoms with Crippen LogP contribution in [0.2, 0.25) is 0 Å². The lowest BCUT2D eigenvalue weighted by Crippen LogP contribution is -2.42. The third-order valence-electron chi connectivity index (χ3n) is 5.15. The van der Waals surface area contributed by atoms with Gasteiger partial charge in [0.2, 0.25) is 5.91 Å². The monoisotopic (exact) mass is 466 g/mol. The van der Waals surface area contributed by atoms with Gasteiger partial charge >= 0.3 is 0 Å². The van der Waals surface area contributed by atoms with Crippen LogP contribution in [0.4, 0.5) is 8.78 Å². The van der Waals surface area contributed by atoms with Crippen LogP contribution in [0.5, 0.6) is 5.19 Å². The van der Waals surface area contributed by atoms with E-state index in [1.165, 1.54) is 35.6 Å². The Labute approximate surface area is 182 Å². The lowest BCUT2D eigenvalue weighted by molar-refractivity contribution is -0.132. The van der Waals surface area contributed by atoms with Gasteiger partial charge in [-0.2, -0.15) is 0 Å². The van der Waals surface area contributed by atoms with Crippen LogP contribution in [0.15, 0.2) is 47.4 Å². The highest BCUT2D eigenvalue weighted by atomic mass is 32.2. The molecule has 31 heavy (non-hydrogen) atoms. The van der Waals surface area contributed by atoms with Crippen LogP contribution in [0.3, 0.4) is 0 Å². The van der Waals surface area contributed by atoms with Crippen molar-refractivity contribution in [1.82, 2.24) is 9.88 Å². The van der Waals surface area contributed by atoms with Gasteiger partial charge in [-0.15, -0.1) is 0 Å². The number of hydrogen-bond acceptors (Lipinski definition) is 6. The molecule has 0 radical (unpaired) electrons. The summed E-state index contributed by atoms with van der Waals surface area (Å²) >= 11 is 1.28. The highest BCUT2D eigenvalue weighted by Crippen LogP contribution is 2.30. The predicted octanol–water partition coefficient (Wildman–Crippen LogP) is 3.81. The van der Waals surface area contributed by atoms with E-state index < -0.39 is 15.7 Å². The highest BCUT2D eigenvalue weighted by molar-refractivity contribution is 7.91. The molecule has 2 aromatic carbocycles. The van der Waals surface area contributed by atoms with Crippen LogP contribution in [0.1, 0.15) is 19.3 Å². The number of sulfone groups is 1. The van der Waals surface area contributed by atoms with E-state index in [9.17, 15) is 22.0 Å². The van der Waals surface area contributed by atoms with Crippen LogP contribution in [0, 0.1) is 11.6 Å². The second-order valence-corrected chi connectivity index (χ2v) is 10.4. The van der Waals surface area contributed by atoms with E-state index in [0.717, 1.165) is 12.1 Å². The van der Waals surface area contributed by atoms with Crippen molar-refractivity contribution < 1.29 is 26.7 Å². The first-order chi connectivity index (χ1) is 14.8. The minimum absolute atomic E-state index is 0.00419. The van der Waals surface area contributed by atoms with Gasteiger partial charge in [0.25, 0.3) is 5.19 Å². The molecule has 164 valence electrons. The summed E-state index contributed by atoms with van der Waals surface area (Å²) in [5.74, 6) is -1.40. The van der Waals surface area contributed by atoms with E-state index >= 15 is 0 Å². The van der Waals surface area contributed by atoms with Crippen LogP contribution in [-0.2, 0) is 14.6 Å². The molecule has 4 rings (SSSR count). The molecule has 0 N–H and O–H groups in total. The SMILES string of the molecule is O=C(CCS(=O)(=O)c1ccc(F)cc1)N1CCC(Oc2nc3ccc(F)cc3s2)CC1. The fourth-order valence-electron chi connectivity index (χ4n) is 3.43. The van der Waals surface area contributed by atoms with Crippen LogP contribution in [-0.4, -0.2) is 49.2 Å². The number of thiazole rings is 1. The number of nitrogens with zero attached hydrogens (tertiary/aromatic N) is 2. The first-order valence-electron chi connectivity index (χ1n) is 9.79. The van der Waals surface area contributed by atoms with Crippen LogP contribution in [0.25, 0.3) is 10.2 Å². The Morgan fingerprint density at radius 3 is 2.48 bits per heavy atom. The quantitative estimate of drug-likeness (QED) is 0.517. The fraction of sp³-hybridized carbons (Fsp3) is 0.333. The third-order valence-corrected chi connectivity index (χ3v) is 7.79. The summed E-state index contributed by atoms with van der Waals surface area (Å²) < 4.78 is 57.6. The summed E-state index contributed by atoms with van der Waals surface area (Å²) in [5.41, 5.74) is 0.677. The number of benzene rings is 2. The highest BCUT2D eigenvalue weighted by Gasteiger charge is 2.26. The van der Waals surface area contributed by atoms with Crippen molar-refractivity contribution in [2.45, 2.75) is 30.3 Å². The van der Waals surface area contributed by atoms with Gasteiger partial charge in [-0.25, -0.2) is 22.2 Å². The lowest BCUT2D eigenvalue weighted by Gasteiger charge is -2.31. The summed E-state index contributed by atoms with van der Waals surface area (Å²) in [6.07, 6.45) is 0.952. The summed E-state index contributed by atoms with van der Waals surface area (Å²) in [4.78, 5) is 18.4. The zero-order valence-electron chi connectivity index (χ0n) is 16.5. The van der Waals surface area contributed by atoms with Crippen molar-refractivity contribution in [3.63, 3.8) is 0 Å². The Morgan fingerprint density at radius 2 is 1.77 bits per heavy atom. The Bertz CT molecular complexity index is 1190. The number of aromatic nitrogens is 1. The van der Waals surface area contributed by atoms with Crippen molar-refractivity contribution in [1.29, 1.82) is 0 Å². The number of likely N-dealkylation sites (tertiary alicyclic amines) is 1. The van der Waals surface area contributed by atoms with Crippen LogP contribution < -0.4 is 4.74 Å². The van der Waals surface area contributed by atoms with Gasteiger partial charge in [-0.3, -0.25) is 4.79 Å². The Morgan fingerprint density at radius 1 is 1.10 bits per heavy atom. The number of carbonyl (C=O) groups excluding carboxylic acids is 1. The molecule has 10 heteroatoms. The van der Waals surface area contributed by atoms with E-state index in [2.05, 4.69) is 4.98 Å². The van der Waals surface area contributed by atoms with E-state index in [1.54, 1.807) is 11.0 Å². The predicted molar refractivity (Wildman–Crippen MR) is 113 cm³/mol. The van der Waals surface area contributed by atoms with Gasteiger partial charge < -0.3 is 9.64 Å². The molecule has 0 saturated carbocycles. The number of ether oxygens (including phenoxy) is 1. The third kappa shape index (κ3) is 5.19. The molecular weight excluding hydrogens is 446 g/mol. The number of fused-ring (bicyclic) bond motifs is 1. The van der Waals surface area contributed by atoms with Gasteiger partial charge in [0.05, 0.1) is 20.9 Å². The topological polar surface area (TPSA) is 76.6 Å². The molecule has 0 unspecified atom stereocenters. The summed E-state index contributed by atoms with van der Waals surface area (Å²) in [6, 6.07) is 8.95. The van der Waals surface area contributed by atoms with Crippen molar-refractivity contribution >= 4 is 37.3 Å². The lowest BCUT2D eigenvalue weighted by atomic mass is 10.1. The number of piperidine rings is 1. The van der Waals surface area contributed by atoms with Crippen molar-refractivity contribution in [2.75, 3.05) is 18.8 Å². The molecule has 1 amide bonds. The smallest absolute Gasteiger partial charge is 0.274 e. The molecule has 1 saturated heterocycles. The fourth-order valence-corrected chi connectivity index (χ4v) is 5.57. The molecular formula is C21H20F2N2O4S2. The zero-order chi connectivity index (χ0) is 22.0. The summed E-state index contributed by atoms with van der Waals surface area (Å²) in [7, 11) is -3.65. The van der Waals surface area contributed by atoms with E-state index in [1.807, 2.05) is 0 Å². The Hall–Kier alpha value is -2.59. The molecule has 1 aliphatic rings. The first kappa shape index (κ1) is 21.6. The molecule has 0 atom stereocenters. The normalized spacial score (nSPS) is 15.4. The Kier molecular flexibility index (Phi) is 6.19. The number of amides is 1. The van der Waals surface area contributed by atoms with Gasteiger partial charge in [-0.1, -0.05) is 11.3 Å². The maximum atomic E-state index is 13.3. The molecule has 1 aliphatic heterocycles. The van der Waals surface area contributed by atoms with Gasteiger partial charge in [0.1, 0.15) is 17.7 Å². The van der Waals surface area contributed by atoms with E-state index in [0.29, 0.717) is 41.3 Å². The molecule has 1 fully saturated rings. The standard InChI is InChI=1S/C21H20F2N2O4S2/c22-14-1-4-17(5-2-14)31(27,28)12-9-20(26)25-10-7-16(8-11-25)29-21-24-18-6-3-15(23)13-19(18)30-21/h1-6,13,16H,7-12H2. The maximum Gasteiger partial charge on any atom is 0.274 e. The average Bonchev–Trinajstić information content (AvgIpc) is 3.14. The second-order valence-electron chi connectivity index (χ2n) is 7.31. The molecule has 6 nitrogen and oxygen atoms in total. The van der Waals surface area contributed by atoms with Crippen molar-refractivity contribution in [3.05, 3.63) is 54.1 Å². The van der Waals surface area contributed by atoms with Gasteiger partial charge in [-0.05, 0) is 42.5 Å².